The van der Waals surface area contributed by atoms with Crippen molar-refractivity contribution >= 4 is 34.8 Å². The van der Waals surface area contributed by atoms with Crippen molar-refractivity contribution in [2.24, 2.45) is 5.10 Å². The number of ether oxygens (including phenoxy) is 1. The summed E-state index contributed by atoms with van der Waals surface area (Å²) in [6, 6.07) is 10.8. The quantitative estimate of drug-likeness (QED) is 0.533. The largest absolute Gasteiger partial charge is 0.508 e. The number of hydrogen-bond donors (Lipinski definition) is 3. The third kappa shape index (κ3) is 5.49. The molecule has 0 fully saturated rings. The second-order valence-corrected chi connectivity index (χ2v) is 5.82. The zero-order chi connectivity index (χ0) is 19.1. The minimum Gasteiger partial charge on any atom is -0.508 e. The lowest BCUT2D eigenvalue weighted by Crippen LogP contribution is -2.21. The molecule has 8 heteroatoms. The van der Waals surface area contributed by atoms with Crippen molar-refractivity contribution in [3.05, 3.63) is 53.1 Å². The molecular weight excluding hydrogens is 358 g/mol. The molecule has 0 aliphatic carbocycles. The van der Waals surface area contributed by atoms with Gasteiger partial charge in [-0.15, -0.1) is 0 Å². The van der Waals surface area contributed by atoms with Crippen LogP contribution in [0.2, 0.25) is 5.02 Å². The zero-order valence-electron chi connectivity index (χ0n) is 14.2. The van der Waals surface area contributed by atoms with Crippen molar-refractivity contribution in [3.63, 3.8) is 0 Å². The van der Waals surface area contributed by atoms with E-state index in [1.807, 2.05) is 0 Å². The first-order valence-corrected chi connectivity index (χ1v) is 8.02. The van der Waals surface area contributed by atoms with Crippen molar-refractivity contribution in [2.75, 3.05) is 12.4 Å². The van der Waals surface area contributed by atoms with Crippen LogP contribution in [0.4, 0.5) is 5.69 Å². The van der Waals surface area contributed by atoms with Crippen LogP contribution in [-0.4, -0.2) is 29.7 Å². The lowest BCUT2D eigenvalue weighted by atomic mass is 10.2. The summed E-state index contributed by atoms with van der Waals surface area (Å²) in [6.07, 6.45) is -0.00995. The number of rotatable bonds is 6. The molecule has 0 aliphatic heterocycles. The first-order chi connectivity index (χ1) is 12.4. The van der Waals surface area contributed by atoms with E-state index in [0.717, 1.165) is 0 Å². The molecule has 0 aliphatic rings. The lowest BCUT2D eigenvalue weighted by molar-refractivity contribution is -0.115. The molecule has 2 aromatic rings. The Morgan fingerprint density at radius 2 is 2.00 bits per heavy atom. The van der Waals surface area contributed by atoms with Crippen LogP contribution in [0.3, 0.4) is 0 Å². The normalized spacial score (nSPS) is 11.0. The number of nitrogens with zero attached hydrogens (tertiary/aromatic N) is 1. The second kappa shape index (κ2) is 8.87. The van der Waals surface area contributed by atoms with Crippen LogP contribution in [0, 0.1) is 0 Å². The van der Waals surface area contributed by atoms with Crippen molar-refractivity contribution in [2.45, 2.75) is 13.3 Å². The monoisotopic (exact) mass is 375 g/mol. The van der Waals surface area contributed by atoms with Gasteiger partial charge in [0.2, 0.25) is 5.91 Å². The molecule has 0 saturated carbocycles. The summed E-state index contributed by atoms with van der Waals surface area (Å²) in [7, 11) is 1.50. The molecule has 2 rings (SSSR count). The maximum atomic E-state index is 12.0. The van der Waals surface area contributed by atoms with Gasteiger partial charge < -0.3 is 15.2 Å². The van der Waals surface area contributed by atoms with E-state index in [9.17, 15) is 14.7 Å². The molecular formula is C18H18ClN3O4. The summed E-state index contributed by atoms with van der Waals surface area (Å²) in [4.78, 5) is 24.0. The topological polar surface area (TPSA) is 100 Å². The Hall–Kier alpha value is -3.06. The first kappa shape index (κ1) is 19.3. The Morgan fingerprint density at radius 1 is 1.23 bits per heavy atom. The summed E-state index contributed by atoms with van der Waals surface area (Å²) in [5.41, 5.74) is 3.54. The summed E-state index contributed by atoms with van der Waals surface area (Å²) in [6.45, 7) is 1.61. The van der Waals surface area contributed by atoms with Crippen molar-refractivity contribution < 1.29 is 19.4 Å². The van der Waals surface area contributed by atoms with Gasteiger partial charge >= 0.3 is 0 Å². The van der Waals surface area contributed by atoms with E-state index in [-0.39, 0.29) is 23.6 Å². The molecule has 2 aromatic carbocycles. The van der Waals surface area contributed by atoms with Crippen LogP contribution in [0.15, 0.2) is 47.6 Å². The molecule has 3 N–H and O–H groups in total. The number of methoxy groups -OCH3 is 1. The standard InChI is InChI=1S/C18H18ClN3O4/c1-11(21-22-18(25)12-4-3-5-14(23)9-12)8-17(24)20-13-6-7-16(26-2)15(19)10-13/h3-7,9-10,23H,8H2,1-2H3,(H,20,24)(H,22,25)/b21-11+. The Balaban J connectivity index is 1.90. The van der Waals surface area contributed by atoms with Gasteiger partial charge in [-0.05, 0) is 43.3 Å². The van der Waals surface area contributed by atoms with Crippen LogP contribution in [0.5, 0.6) is 11.5 Å². The average molecular weight is 376 g/mol. The predicted molar refractivity (Wildman–Crippen MR) is 99.9 cm³/mol. The number of hydrazone groups is 1. The minimum atomic E-state index is -0.484. The number of anilines is 1. The number of hydrogen-bond acceptors (Lipinski definition) is 5. The highest BCUT2D eigenvalue weighted by atomic mass is 35.5. The van der Waals surface area contributed by atoms with Gasteiger partial charge in [0, 0.05) is 17.0 Å². The third-order valence-electron chi connectivity index (χ3n) is 3.31. The predicted octanol–water partition coefficient (Wildman–Crippen LogP) is 3.19. The average Bonchev–Trinajstić information content (AvgIpc) is 2.59. The number of benzene rings is 2. The number of nitrogens with one attached hydrogen (secondary N) is 2. The summed E-state index contributed by atoms with van der Waals surface area (Å²) in [5.74, 6) is -0.297. The van der Waals surface area contributed by atoms with Crippen LogP contribution in [-0.2, 0) is 4.79 Å². The molecule has 0 unspecified atom stereocenters. The number of aromatic hydroxyl groups is 1. The fourth-order valence-corrected chi connectivity index (χ4v) is 2.34. The molecule has 0 radical (unpaired) electrons. The lowest BCUT2D eigenvalue weighted by Gasteiger charge is -2.08. The minimum absolute atomic E-state index is 0.00995. The number of amides is 2. The highest BCUT2D eigenvalue weighted by Gasteiger charge is 2.09. The van der Waals surface area contributed by atoms with E-state index in [2.05, 4.69) is 15.8 Å². The molecule has 0 spiro atoms. The number of carbonyl (C=O) groups is 2. The van der Waals surface area contributed by atoms with Gasteiger partial charge in [0.05, 0.1) is 18.6 Å². The van der Waals surface area contributed by atoms with Gasteiger partial charge in [0.25, 0.3) is 5.91 Å². The van der Waals surface area contributed by atoms with Crippen LogP contribution < -0.4 is 15.5 Å². The SMILES string of the molecule is COc1ccc(NC(=O)C/C(C)=N/NC(=O)c2cccc(O)c2)cc1Cl. The zero-order valence-corrected chi connectivity index (χ0v) is 15.0. The van der Waals surface area contributed by atoms with Gasteiger partial charge in [-0.2, -0.15) is 5.10 Å². The van der Waals surface area contributed by atoms with E-state index in [4.69, 9.17) is 16.3 Å². The van der Waals surface area contributed by atoms with Gasteiger partial charge in [0.15, 0.2) is 0 Å². The Bertz CT molecular complexity index is 852. The molecule has 136 valence electrons. The van der Waals surface area contributed by atoms with Crippen molar-refractivity contribution in [1.29, 1.82) is 0 Å². The van der Waals surface area contributed by atoms with E-state index in [1.165, 1.54) is 19.2 Å². The fraction of sp³-hybridized carbons (Fsp3) is 0.167. The van der Waals surface area contributed by atoms with Gasteiger partial charge in [-0.25, -0.2) is 5.43 Å². The van der Waals surface area contributed by atoms with Gasteiger partial charge in [-0.3, -0.25) is 9.59 Å². The van der Waals surface area contributed by atoms with Crippen molar-refractivity contribution in [3.8, 4) is 11.5 Å². The molecule has 2 amide bonds. The smallest absolute Gasteiger partial charge is 0.271 e. The number of carbonyl (C=O) groups excluding carboxylic acids is 2. The molecule has 0 bridgehead atoms. The third-order valence-corrected chi connectivity index (χ3v) is 3.60. The van der Waals surface area contributed by atoms with E-state index in [1.54, 1.807) is 37.3 Å². The van der Waals surface area contributed by atoms with E-state index >= 15 is 0 Å². The fourth-order valence-electron chi connectivity index (χ4n) is 2.08. The summed E-state index contributed by atoms with van der Waals surface area (Å²) in [5, 5.41) is 16.3. The first-order valence-electron chi connectivity index (χ1n) is 7.65. The highest BCUT2D eigenvalue weighted by Crippen LogP contribution is 2.27. The second-order valence-electron chi connectivity index (χ2n) is 5.41. The molecule has 0 atom stereocenters. The molecule has 26 heavy (non-hydrogen) atoms. The number of phenolic OH excluding ortho intramolecular Hbond substituents is 1. The summed E-state index contributed by atoms with van der Waals surface area (Å²) >= 11 is 6.01. The molecule has 0 saturated heterocycles. The highest BCUT2D eigenvalue weighted by molar-refractivity contribution is 6.32. The maximum absolute atomic E-state index is 12.0. The molecule has 0 aromatic heterocycles. The van der Waals surface area contributed by atoms with Crippen molar-refractivity contribution in [1.82, 2.24) is 5.43 Å². The van der Waals surface area contributed by atoms with E-state index in [0.29, 0.717) is 22.2 Å². The van der Waals surface area contributed by atoms with Gasteiger partial charge in [0.1, 0.15) is 11.5 Å². The maximum Gasteiger partial charge on any atom is 0.271 e. The number of halogens is 1. The van der Waals surface area contributed by atoms with Crippen LogP contribution in [0.25, 0.3) is 0 Å². The molecule has 0 heterocycles. The molecule has 7 nitrogen and oxygen atoms in total. The number of phenols is 1. The van der Waals surface area contributed by atoms with Crippen LogP contribution in [0.1, 0.15) is 23.7 Å². The van der Waals surface area contributed by atoms with Gasteiger partial charge in [-0.1, -0.05) is 17.7 Å². The Morgan fingerprint density at radius 3 is 2.65 bits per heavy atom. The Labute approximate surface area is 155 Å². The summed E-state index contributed by atoms with van der Waals surface area (Å²) < 4.78 is 5.05. The van der Waals surface area contributed by atoms with E-state index < -0.39 is 5.91 Å². The Kier molecular flexibility index (Phi) is 6.57. The van der Waals surface area contributed by atoms with Crippen LogP contribution >= 0.6 is 11.6 Å².